The maximum absolute atomic E-state index is 12.6. The van der Waals surface area contributed by atoms with Crippen LogP contribution in [0.2, 0.25) is 5.02 Å². The van der Waals surface area contributed by atoms with Crippen LogP contribution in [-0.4, -0.2) is 32.6 Å². The van der Waals surface area contributed by atoms with Crippen molar-refractivity contribution < 1.29 is 9.59 Å². The Morgan fingerprint density at radius 2 is 1.96 bits per heavy atom. The van der Waals surface area contributed by atoms with Gasteiger partial charge >= 0.3 is 0 Å². The quantitative estimate of drug-likeness (QED) is 0.657. The molecule has 0 radical (unpaired) electrons. The summed E-state index contributed by atoms with van der Waals surface area (Å²) in [5.41, 5.74) is 3.17. The Balaban J connectivity index is 1.73. The van der Waals surface area contributed by atoms with Crippen molar-refractivity contribution >= 4 is 34.2 Å². The van der Waals surface area contributed by atoms with Crippen LogP contribution in [0, 0.1) is 13.8 Å². The summed E-state index contributed by atoms with van der Waals surface area (Å²) in [6.45, 7) is 8.11. The highest BCUT2D eigenvalue weighted by molar-refractivity contribution is 6.31. The van der Waals surface area contributed by atoms with E-state index in [1.165, 1.54) is 6.92 Å². The normalized spacial score (nSPS) is 12.3. The summed E-state index contributed by atoms with van der Waals surface area (Å²) in [6, 6.07) is 7.18. The third kappa shape index (κ3) is 3.62. The van der Waals surface area contributed by atoms with Crippen LogP contribution in [0.3, 0.4) is 0 Å². The molecule has 3 aromatic rings. The van der Waals surface area contributed by atoms with E-state index in [1.54, 1.807) is 10.9 Å². The number of fused-ring (bicyclic) bond motifs is 1. The van der Waals surface area contributed by atoms with Gasteiger partial charge in [0.05, 0.1) is 23.0 Å². The van der Waals surface area contributed by atoms with Crippen molar-refractivity contribution in [2.75, 3.05) is 6.54 Å². The second kappa shape index (κ2) is 7.56. The van der Waals surface area contributed by atoms with Crippen LogP contribution < -0.4 is 5.32 Å². The Morgan fingerprint density at radius 1 is 1.26 bits per heavy atom. The van der Waals surface area contributed by atoms with E-state index in [0.717, 1.165) is 22.3 Å². The van der Waals surface area contributed by atoms with Crippen molar-refractivity contribution in [3.8, 4) is 0 Å². The topological polar surface area (TPSA) is 68.9 Å². The number of aromatic nitrogens is 3. The standard InChI is InChI=1S/C20H23ClN4O2/c1-12-19(21)13(2)25(23-12)10-9-22-20(27)14(3)24-11-17(15(4)26)16-7-5-6-8-18(16)24/h5-8,11,14H,9-10H2,1-4H3,(H,22,27)/t14-/m0/s1. The van der Waals surface area contributed by atoms with Gasteiger partial charge in [-0.2, -0.15) is 5.10 Å². The summed E-state index contributed by atoms with van der Waals surface area (Å²) in [7, 11) is 0. The summed E-state index contributed by atoms with van der Waals surface area (Å²) in [6.07, 6.45) is 1.76. The van der Waals surface area contributed by atoms with Gasteiger partial charge in [0.15, 0.2) is 5.78 Å². The molecule has 0 saturated carbocycles. The summed E-state index contributed by atoms with van der Waals surface area (Å²) in [4.78, 5) is 24.6. The first-order valence-electron chi connectivity index (χ1n) is 8.89. The summed E-state index contributed by atoms with van der Waals surface area (Å²) in [5, 5.41) is 8.82. The van der Waals surface area contributed by atoms with Gasteiger partial charge < -0.3 is 9.88 Å². The van der Waals surface area contributed by atoms with Gasteiger partial charge in [0.2, 0.25) is 5.91 Å². The lowest BCUT2D eigenvalue weighted by Gasteiger charge is -2.15. The van der Waals surface area contributed by atoms with Gasteiger partial charge in [-0.1, -0.05) is 29.8 Å². The molecule has 0 fully saturated rings. The van der Waals surface area contributed by atoms with E-state index < -0.39 is 6.04 Å². The first kappa shape index (κ1) is 19.2. The number of Topliss-reactive ketones (excluding diaryl/α,β-unsaturated/α-hetero) is 1. The summed E-state index contributed by atoms with van der Waals surface area (Å²) in [5.74, 6) is -0.127. The second-order valence-electron chi connectivity index (χ2n) is 6.70. The van der Waals surface area contributed by atoms with Crippen LogP contribution in [0.15, 0.2) is 30.5 Å². The number of aryl methyl sites for hydroxylation is 1. The van der Waals surface area contributed by atoms with Crippen LogP contribution in [0.1, 0.15) is 41.6 Å². The molecule has 0 saturated heterocycles. The average Bonchev–Trinajstić information content (AvgIpc) is 3.15. The van der Waals surface area contributed by atoms with Crippen LogP contribution in [0.25, 0.3) is 10.9 Å². The molecular weight excluding hydrogens is 364 g/mol. The number of rotatable bonds is 6. The van der Waals surface area contributed by atoms with Crippen molar-refractivity contribution in [1.29, 1.82) is 0 Å². The number of carbonyl (C=O) groups excluding carboxylic acids is 2. The molecule has 1 N–H and O–H groups in total. The maximum atomic E-state index is 12.6. The minimum atomic E-state index is -0.438. The molecule has 2 heterocycles. The Kier molecular flexibility index (Phi) is 5.37. The molecule has 1 amide bonds. The number of hydrogen-bond donors (Lipinski definition) is 1. The third-order valence-electron chi connectivity index (χ3n) is 4.83. The molecule has 1 aromatic carbocycles. The molecule has 1 atom stereocenters. The fourth-order valence-corrected chi connectivity index (χ4v) is 3.39. The van der Waals surface area contributed by atoms with Crippen LogP contribution in [0.4, 0.5) is 0 Å². The van der Waals surface area contributed by atoms with Crippen molar-refractivity contribution in [2.24, 2.45) is 0 Å². The molecule has 3 rings (SSSR count). The molecule has 142 valence electrons. The molecule has 7 heteroatoms. The number of carbonyl (C=O) groups is 2. The molecule has 0 unspecified atom stereocenters. The molecule has 0 aliphatic carbocycles. The zero-order valence-electron chi connectivity index (χ0n) is 15.9. The lowest BCUT2D eigenvalue weighted by Crippen LogP contribution is -2.33. The predicted octanol–water partition coefficient (Wildman–Crippen LogP) is 3.69. The zero-order valence-corrected chi connectivity index (χ0v) is 16.7. The van der Waals surface area contributed by atoms with E-state index in [0.29, 0.717) is 23.7 Å². The number of hydrogen-bond acceptors (Lipinski definition) is 3. The summed E-state index contributed by atoms with van der Waals surface area (Å²) < 4.78 is 3.64. The highest BCUT2D eigenvalue weighted by atomic mass is 35.5. The first-order chi connectivity index (χ1) is 12.8. The summed E-state index contributed by atoms with van der Waals surface area (Å²) >= 11 is 6.15. The first-order valence-corrected chi connectivity index (χ1v) is 9.26. The highest BCUT2D eigenvalue weighted by Crippen LogP contribution is 2.25. The molecule has 2 aromatic heterocycles. The Labute approximate surface area is 163 Å². The molecule has 0 aliphatic heterocycles. The SMILES string of the molecule is CC(=O)c1cn([C@@H](C)C(=O)NCCn2nc(C)c(Cl)c2C)c2ccccc12. The van der Waals surface area contributed by atoms with Gasteiger partial charge in [0.1, 0.15) is 6.04 Å². The Hall–Kier alpha value is -2.60. The molecular formula is C20H23ClN4O2. The van der Waals surface area contributed by atoms with E-state index >= 15 is 0 Å². The minimum Gasteiger partial charge on any atom is -0.352 e. The van der Waals surface area contributed by atoms with Gasteiger partial charge in [-0.3, -0.25) is 14.3 Å². The highest BCUT2D eigenvalue weighted by Gasteiger charge is 2.20. The molecule has 27 heavy (non-hydrogen) atoms. The van der Waals surface area contributed by atoms with E-state index in [1.807, 2.05) is 49.6 Å². The monoisotopic (exact) mass is 386 g/mol. The molecule has 0 spiro atoms. The van der Waals surface area contributed by atoms with E-state index in [-0.39, 0.29) is 11.7 Å². The Morgan fingerprint density at radius 3 is 2.59 bits per heavy atom. The van der Waals surface area contributed by atoms with E-state index in [2.05, 4.69) is 10.4 Å². The van der Waals surface area contributed by atoms with Gasteiger partial charge in [-0.25, -0.2) is 0 Å². The third-order valence-corrected chi connectivity index (χ3v) is 5.38. The molecule has 6 nitrogen and oxygen atoms in total. The van der Waals surface area contributed by atoms with E-state index in [4.69, 9.17) is 11.6 Å². The van der Waals surface area contributed by atoms with Crippen molar-refractivity contribution in [3.05, 3.63) is 52.4 Å². The molecule has 0 bridgehead atoms. The zero-order chi connectivity index (χ0) is 19.7. The van der Waals surface area contributed by atoms with Gasteiger partial charge in [-0.05, 0) is 33.8 Å². The number of benzene rings is 1. The smallest absolute Gasteiger partial charge is 0.242 e. The van der Waals surface area contributed by atoms with Gasteiger partial charge in [0.25, 0.3) is 0 Å². The average molecular weight is 387 g/mol. The van der Waals surface area contributed by atoms with Crippen molar-refractivity contribution in [3.63, 3.8) is 0 Å². The van der Waals surface area contributed by atoms with Gasteiger partial charge in [-0.15, -0.1) is 0 Å². The fraction of sp³-hybridized carbons (Fsp3) is 0.350. The van der Waals surface area contributed by atoms with Crippen LogP contribution in [-0.2, 0) is 11.3 Å². The van der Waals surface area contributed by atoms with Crippen molar-refractivity contribution in [2.45, 2.75) is 40.3 Å². The predicted molar refractivity (Wildman–Crippen MR) is 106 cm³/mol. The fourth-order valence-electron chi connectivity index (χ4n) is 3.26. The minimum absolute atomic E-state index is 0.0148. The number of nitrogens with zero attached hydrogens (tertiary/aromatic N) is 3. The lowest BCUT2D eigenvalue weighted by atomic mass is 10.1. The number of para-hydroxylation sites is 1. The number of amides is 1. The molecule has 0 aliphatic rings. The largest absolute Gasteiger partial charge is 0.352 e. The van der Waals surface area contributed by atoms with Crippen LogP contribution in [0.5, 0.6) is 0 Å². The lowest BCUT2D eigenvalue weighted by molar-refractivity contribution is -0.123. The maximum Gasteiger partial charge on any atom is 0.242 e. The number of halogens is 1. The van der Waals surface area contributed by atoms with Crippen LogP contribution >= 0.6 is 11.6 Å². The number of nitrogens with one attached hydrogen (secondary N) is 1. The van der Waals surface area contributed by atoms with Crippen molar-refractivity contribution in [1.82, 2.24) is 19.7 Å². The van der Waals surface area contributed by atoms with E-state index in [9.17, 15) is 9.59 Å². The second-order valence-corrected chi connectivity index (χ2v) is 7.08. The number of ketones is 1. The van der Waals surface area contributed by atoms with Gasteiger partial charge in [0, 0.05) is 29.2 Å². The Bertz CT molecular complexity index is 1020.